The molecule has 0 fully saturated rings. The van der Waals surface area contributed by atoms with Crippen molar-refractivity contribution >= 4 is 10.0 Å². The lowest BCUT2D eigenvalue weighted by Gasteiger charge is -2.12. The van der Waals surface area contributed by atoms with E-state index in [0.717, 1.165) is 11.3 Å². The quantitative estimate of drug-likeness (QED) is 0.752. The van der Waals surface area contributed by atoms with Gasteiger partial charge in [-0.3, -0.25) is 0 Å². The molecule has 24 heavy (non-hydrogen) atoms. The molecular formula is C15H18N6O2S. The Morgan fingerprint density at radius 3 is 2.54 bits per heavy atom. The average molecular weight is 346 g/mol. The van der Waals surface area contributed by atoms with E-state index in [-0.39, 0.29) is 4.90 Å². The third-order valence-corrected chi connectivity index (χ3v) is 5.13. The lowest BCUT2D eigenvalue weighted by Crippen LogP contribution is -2.28. The lowest BCUT2D eigenvalue weighted by molar-refractivity contribution is 0.553. The van der Waals surface area contributed by atoms with Gasteiger partial charge in [-0.1, -0.05) is 17.7 Å². The highest BCUT2D eigenvalue weighted by molar-refractivity contribution is 7.89. The number of nitrogens with one attached hydrogen (secondary N) is 1. The zero-order valence-electron chi connectivity index (χ0n) is 13.6. The molecule has 0 aliphatic rings. The van der Waals surface area contributed by atoms with E-state index >= 15 is 0 Å². The second-order valence-corrected chi connectivity index (χ2v) is 7.31. The molecule has 1 aromatic carbocycles. The minimum Gasteiger partial charge on any atom is -0.319 e. The monoisotopic (exact) mass is 346 g/mol. The summed E-state index contributed by atoms with van der Waals surface area (Å²) >= 11 is 0. The van der Waals surface area contributed by atoms with Crippen LogP contribution in [0.25, 0.3) is 5.69 Å². The topological polar surface area (TPSA) is 94.7 Å². The van der Waals surface area contributed by atoms with Crippen molar-refractivity contribution in [2.24, 2.45) is 7.05 Å². The number of aryl methyl sites for hydroxylation is 2. The molecule has 0 aliphatic carbocycles. The molecule has 0 aliphatic heterocycles. The molecule has 3 rings (SSSR count). The van der Waals surface area contributed by atoms with Crippen LogP contribution >= 0.6 is 0 Å². The van der Waals surface area contributed by atoms with Crippen LogP contribution in [0.3, 0.4) is 0 Å². The van der Waals surface area contributed by atoms with Crippen LogP contribution in [0.1, 0.15) is 24.4 Å². The Morgan fingerprint density at radius 1 is 1.21 bits per heavy atom. The Balaban J connectivity index is 1.83. The molecule has 1 atom stereocenters. The number of hydrogen-bond donors (Lipinski definition) is 1. The fraction of sp³-hybridized carbons (Fsp3) is 0.267. The molecule has 0 spiro atoms. The van der Waals surface area contributed by atoms with Gasteiger partial charge in [0.05, 0.1) is 24.1 Å². The molecule has 0 unspecified atom stereocenters. The van der Waals surface area contributed by atoms with Crippen LogP contribution in [-0.4, -0.2) is 33.0 Å². The SMILES string of the molecule is Cc1ccc(-n2cc(S(=O)(=O)N[C@H](C)c3nncn3C)cn2)cc1. The maximum absolute atomic E-state index is 12.5. The average Bonchev–Trinajstić information content (AvgIpc) is 3.17. The predicted molar refractivity (Wildman–Crippen MR) is 88.0 cm³/mol. The van der Waals surface area contributed by atoms with E-state index in [1.165, 1.54) is 23.4 Å². The lowest BCUT2D eigenvalue weighted by atomic mass is 10.2. The maximum atomic E-state index is 12.5. The Hall–Kier alpha value is -2.52. The van der Waals surface area contributed by atoms with Gasteiger partial charge in [-0.25, -0.2) is 17.8 Å². The summed E-state index contributed by atoms with van der Waals surface area (Å²) in [5, 5.41) is 11.8. The first kappa shape index (κ1) is 16.3. The van der Waals surface area contributed by atoms with Crippen molar-refractivity contribution in [2.45, 2.75) is 24.8 Å². The fourth-order valence-electron chi connectivity index (χ4n) is 2.32. The highest BCUT2D eigenvalue weighted by Gasteiger charge is 2.22. The third-order valence-electron chi connectivity index (χ3n) is 3.63. The van der Waals surface area contributed by atoms with Crippen LogP contribution in [-0.2, 0) is 17.1 Å². The Bertz CT molecular complexity index is 943. The second kappa shape index (κ2) is 6.17. The van der Waals surface area contributed by atoms with Crippen LogP contribution in [0.2, 0.25) is 0 Å². The molecule has 0 saturated carbocycles. The number of benzene rings is 1. The molecule has 126 valence electrons. The van der Waals surface area contributed by atoms with E-state index in [9.17, 15) is 8.42 Å². The van der Waals surface area contributed by atoms with E-state index in [1.54, 1.807) is 18.5 Å². The first-order chi connectivity index (χ1) is 11.4. The van der Waals surface area contributed by atoms with Crippen LogP contribution in [0.5, 0.6) is 0 Å². The van der Waals surface area contributed by atoms with Crippen LogP contribution in [0.15, 0.2) is 47.9 Å². The Kier molecular flexibility index (Phi) is 4.20. The summed E-state index contributed by atoms with van der Waals surface area (Å²) in [7, 11) is -1.95. The molecular weight excluding hydrogens is 328 g/mol. The summed E-state index contributed by atoms with van der Waals surface area (Å²) in [6, 6.07) is 7.15. The van der Waals surface area contributed by atoms with Crippen molar-refractivity contribution < 1.29 is 8.42 Å². The van der Waals surface area contributed by atoms with Gasteiger partial charge in [-0.05, 0) is 26.0 Å². The fourth-order valence-corrected chi connectivity index (χ4v) is 3.45. The molecule has 0 radical (unpaired) electrons. The molecule has 8 nitrogen and oxygen atoms in total. The molecule has 9 heteroatoms. The highest BCUT2D eigenvalue weighted by atomic mass is 32.2. The second-order valence-electron chi connectivity index (χ2n) is 5.60. The minimum atomic E-state index is -3.71. The van der Waals surface area contributed by atoms with E-state index in [0.29, 0.717) is 5.82 Å². The standard InChI is InChI=1S/C15H18N6O2S/c1-11-4-6-13(7-5-11)21-9-14(8-17-21)24(22,23)19-12(2)15-18-16-10-20(15)3/h4-10,12,19H,1-3H3/t12-/m1/s1. The van der Waals surface area contributed by atoms with Crippen molar-refractivity contribution in [3.8, 4) is 5.69 Å². The van der Waals surface area contributed by atoms with Crippen molar-refractivity contribution in [1.82, 2.24) is 29.3 Å². The van der Waals surface area contributed by atoms with Gasteiger partial charge in [0, 0.05) is 7.05 Å². The van der Waals surface area contributed by atoms with Crippen LogP contribution in [0.4, 0.5) is 0 Å². The van der Waals surface area contributed by atoms with E-state index < -0.39 is 16.1 Å². The third kappa shape index (κ3) is 3.22. The van der Waals surface area contributed by atoms with Gasteiger partial charge in [0.15, 0.2) is 0 Å². The molecule has 2 aromatic heterocycles. The van der Waals surface area contributed by atoms with Crippen molar-refractivity contribution in [2.75, 3.05) is 0 Å². The summed E-state index contributed by atoms with van der Waals surface area (Å²) < 4.78 is 30.8. The smallest absolute Gasteiger partial charge is 0.244 e. The minimum absolute atomic E-state index is 0.0945. The summed E-state index contributed by atoms with van der Waals surface area (Å²) in [6.45, 7) is 3.70. The zero-order chi connectivity index (χ0) is 17.3. The van der Waals surface area contributed by atoms with Gasteiger partial charge in [0.1, 0.15) is 17.0 Å². The van der Waals surface area contributed by atoms with Crippen LogP contribution in [0, 0.1) is 6.92 Å². The van der Waals surface area contributed by atoms with Crippen molar-refractivity contribution in [1.29, 1.82) is 0 Å². The van der Waals surface area contributed by atoms with Gasteiger partial charge >= 0.3 is 0 Å². The van der Waals surface area contributed by atoms with Gasteiger partial charge < -0.3 is 4.57 Å². The number of sulfonamides is 1. The molecule has 2 heterocycles. The van der Waals surface area contributed by atoms with E-state index in [2.05, 4.69) is 20.0 Å². The Labute approximate surface area is 140 Å². The maximum Gasteiger partial charge on any atom is 0.244 e. The number of rotatable bonds is 5. The summed E-state index contributed by atoms with van der Waals surface area (Å²) in [4.78, 5) is 0.0945. The molecule has 1 N–H and O–H groups in total. The number of aromatic nitrogens is 5. The molecule has 0 amide bonds. The normalized spacial score (nSPS) is 13.1. The van der Waals surface area contributed by atoms with E-state index in [4.69, 9.17) is 0 Å². The summed E-state index contributed by atoms with van der Waals surface area (Å²) in [6.07, 6.45) is 4.33. The van der Waals surface area contributed by atoms with Gasteiger partial charge in [0.25, 0.3) is 0 Å². The predicted octanol–water partition coefficient (Wildman–Crippen LogP) is 1.35. The van der Waals surface area contributed by atoms with Crippen LogP contribution < -0.4 is 4.72 Å². The van der Waals surface area contributed by atoms with Crippen molar-refractivity contribution in [3.05, 3.63) is 54.4 Å². The first-order valence-electron chi connectivity index (χ1n) is 7.35. The van der Waals surface area contributed by atoms with E-state index in [1.807, 2.05) is 31.2 Å². The molecule has 0 saturated heterocycles. The molecule has 3 aromatic rings. The number of hydrogen-bond acceptors (Lipinski definition) is 5. The van der Waals surface area contributed by atoms with Crippen molar-refractivity contribution in [3.63, 3.8) is 0 Å². The van der Waals surface area contributed by atoms with Gasteiger partial charge in [-0.2, -0.15) is 5.10 Å². The summed E-state index contributed by atoms with van der Waals surface area (Å²) in [5.41, 5.74) is 1.92. The number of nitrogens with zero attached hydrogens (tertiary/aromatic N) is 5. The van der Waals surface area contributed by atoms with Gasteiger partial charge in [-0.15, -0.1) is 10.2 Å². The Morgan fingerprint density at radius 2 is 1.92 bits per heavy atom. The zero-order valence-corrected chi connectivity index (χ0v) is 14.4. The molecule has 0 bridgehead atoms. The first-order valence-corrected chi connectivity index (χ1v) is 8.83. The largest absolute Gasteiger partial charge is 0.319 e. The highest BCUT2D eigenvalue weighted by Crippen LogP contribution is 2.16. The van der Waals surface area contributed by atoms with Gasteiger partial charge in [0.2, 0.25) is 10.0 Å². The summed E-state index contributed by atoms with van der Waals surface area (Å²) in [5.74, 6) is 0.532.